The van der Waals surface area contributed by atoms with Crippen LogP contribution in [0.4, 0.5) is 4.39 Å². The highest BCUT2D eigenvalue weighted by Crippen LogP contribution is 2.42. The summed E-state index contributed by atoms with van der Waals surface area (Å²) in [6.45, 7) is 3.08. The van der Waals surface area contributed by atoms with Crippen LogP contribution in [0.15, 0.2) is 77.3 Å². The third kappa shape index (κ3) is 4.60. The van der Waals surface area contributed by atoms with Crippen LogP contribution in [0.3, 0.4) is 0 Å². The molecule has 0 saturated carbocycles. The maximum Gasteiger partial charge on any atom is 0.266 e. The lowest BCUT2D eigenvalue weighted by molar-refractivity contribution is -0.131. The summed E-state index contributed by atoms with van der Waals surface area (Å²) in [7, 11) is 0. The van der Waals surface area contributed by atoms with Gasteiger partial charge in [-0.05, 0) is 47.7 Å². The fourth-order valence-electron chi connectivity index (χ4n) is 5.29. The molecule has 38 heavy (non-hydrogen) atoms. The first-order chi connectivity index (χ1) is 18.3. The molecule has 3 amide bonds. The summed E-state index contributed by atoms with van der Waals surface area (Å²) in [4.78, 5) is 48.1. The molecule has 5 rings (SSSR count). The summed E-state index contributed by atoms with van der Waals surface area (Å²) in [5.41, 5.74) is 7.09. The third-order valence-corrected chi connectivity index (χ3v) is 7.28. The van der Waals surface area contributed by atoms with E-state index in [-0.39, 0.29) is 35.8 Å². The Bertz CT molecular complexity index is 1360. The quantitative estimate of drug-likeness (QED) is 0.662. The lowest BCUT2D eigenvalue weighted by atomic mass is 9.80. The number of hydrogen-bond donors (Lipinski definition) is 1. The molecule has 2 aromatic carbocycles. The number of guanidine groups is 1. The number of nitrogens with two attached hydrogens (primary N) is 1. The van der Waals surface area contributed by atoms with Gasteiger partial charge in [-0.15, -0.1) is 0 Å². The number of amides is 3. The standard InChI is InChI=1S/C29H30FN5O3/c1-20(36)33-12-14-34(15-13-33)26(37)22-16-21(17-25(30)18-22)19-35-27(38)29(32-28(35)31,23-8-4-2-5-9-23)24-10-6-3-7-11-24/h2,4-6,8-11,16-18H,3,7,12-15,19H2,1H3,(H2,31,32). The second-order valence-corrected chi connectivity index (χ2v) is 9.72. The zero-order valence-electron chi connectivity index (χ0n) is 21.3. The lowest BCUT2D eigenvalue weighted by Gasteiger charge is -2.34. The molecule has 2 aromatic rings. The van der Waals surface area contributed by atoms with Crippen LogP contribution in [0.25, 0.3) is 0 Å². The van der Waals surface area contributed by atoms with Crippen molar-refractivity contribution in [1.82, 2.24) is 14.7 Å². The molecule has 9 heteroatoms. The molecule has 196 valence electrons. The zero-order valence-corrected chi connectivity index (χ0v) is 21.3. The molecule has 1 atom stereocenters. The molecule has 2 heterocycles. The largest absolute Gasteiger partial charge is 0.369 e. The Kier molecular flexibility index (Phi) is 6.84. The van der Waals surface area contributed by atoms with Crippen molar-refractivity contribution in [2.75, 3.05) is 26.2 Å². The Labute approximate surface area is 220 Å². The minimum atomic E-state index is -1.31. The second-order valence-electron chi connectivity index (χ2n) is 9.72. The van der Waals surface area contributed by atoms with E-state index < -0.39 is 11.4 Å². The van der Waals surface area contributed by atoms with E-state index in [1.807, 2.05) is 48.6 Å². The summed E-state index contributed by atoms with van der Waals surface area (Å²) in [5, 5.41) is 0. The highest BCUT2D eigenvalue weighted by Gasteiger charge is 2.51. The molecule has 2 aliphatic heterocycles. The monoisotopic (exact) mass is 515 g/mol. The Hall–Kier alpha value is -4.27. The van der Waals surface area contributed by atoms with E-state index in [0.717, 1.165) is 18.4 Å². The Morgan fingerprint density at radius 2 is 1.74 bits per heavy atom. The van der Waals surface area contributed by atoms with Crippen LogP contribution >= 0.6 is 0 Å². The van der Waals surface area contributed by atoms with Crippen LogP contribution in [0.1, 0.15) is 41.3 Å². The van der Waals surface area contributed by atoms with Gasteiger partial charge in [-0.2, -0.15) is 0 Å². The lowest BCUT2D eigenvalue weighted by Crippen LogP contribution is -2.50. The maximum atomic E-state index is 14.7. The number of hydrogen-bond acceptors (Lipinski definition) is 5. The van der Waals surface area contributed by atoms with Gasteiger partial charge in [0.25, 0.3) is 11.8 Å². The van der Waals surface area contributed by atoms with Crippen LogP contribution in [-0.4, -0.2) is 64.6 Å². The van der Waals surface area contributed by atoms with Crippen molar-refractivity contribution in [1.29, 1.82) is 0 Å². The molecule has 0 radical (unpaired) electrons. The average molecular weight is 516 g/mol. The van der Waals surface area contributed by atoms with Gasteiger partial charge in [0.2, 0.25) is 5.91 Å². The number of aliphatic imine (C=N–C) groups is 1. The summed E-state index contributed by atoms with van der Waals surface area (Å²) in [6.07, 6.45) is 7.62. The van der Waals surface area contributed by atoms with Crippen LogP contribution < -0.4 is 5.73 Å². The van der Waals surface area contributed by atoms with Crippen molar-refractivity contribution in [3.05, 3.63) is 94.8 Å². The number of benzene rings is 2. The number of piperazine rings is 1. The second kappa shape index (κ2) is 10.2. The van der Waals surface area contributed by atoms with Gasteiger partial charge in [0.15, 0.2) is 11.5 Å². The van der Waals surface area contributed by atoms with Crippen molar-refractivity contribution >= 4 is 23.7 Å². The van der Waals surface area contributed by atoms with Crippen molar-refractivity contribution in [2.24, 2.45) is 10.7 Å². The fourth-order valence-corrected chi connectivity index (χ4v) is 5.29. The van der Waals surface area contributed by atoms with E-state index in [9.17, 15) is 18.8 Å². The maximum absolute atomic E-state index is 14.7. The van der Waals surface area contributed by atoms with E-state index in [2.05, 4.69) is 0 Å². The van der Waals surface area contributed by atoms with Gasteiger partial charge >= 0.3 is 0 Å². The Morgan fingerprint density at radius 3 is 2.39 bits per heavy atom. The predicted octanol–water partition coefficient (Wildman–Crippen LogP) is 2.96. The topological polar surface area (TPSA) is 99.3 Å². The van der Waals surface area contributed by atoms with Crippen LogP contribution in [0, 0.1) is 5.82 Å². The first kappa shape index (κ1) is 25.4. The van der Waals surface area contributed by atoms with Crippen LogP contribution in [0.5, 0.6) is 0 Å². The molecule has 1 unspecified atom stereocenters. The van der Waals surface area contributed by atoms with Gasteiger partial charge in [0.05, 0.1) is 6.54 Å². The highest BCUT2D eigenvalue weighted by atomic mass is 19.1. The molecule has 8 nitrogen and oxygen atoms in total. The molecule has 1 aliphatic carbocycles. The average Bonchev–Trinajstić information content (AvgIpc) is 3.19. The molecular formula is C29H30FN5O3. The van der Waals surface area contributed by atoms with Crippen LogP contribution in [0.2, 0.25) is 0 Å². The van der Waals surface area contributed by atoms with E-state index in [0.29, 0.717) is 37.3 Å². The van der Waals surface area contributed by atoms with E-state index in [4.69, 9.17) is 10.7 Å². The van der Waals surface area contributed by atoms with Crippen molar-refractivity contribution in [2.45, 2.75) is 31.8 Å². The molecule has 0 bridgehead atoms. The number of carbonyl (C=O) groups excluding carboxylic acids is 3. The van der Waals surface area contributed by atoms with Crippen LogP contribution in [-0.2, 0) is 21.7 Å². The molecule has 0 aromatic heterocycles. The normalized spacial score (nSPS) is 21.4. The highest BCUT2D eigenvalue weighted by molar-refractivity contribution is 6.09. The summed E-state index contributed by atoms with van der Waals surface area (Å²) >= 11 is 0. The number of halogens is 1. The van der Waals surface area contributed by atoms with Crippen molar-refractivity contribution in [3.63, 3.8) is 0 Å². The van der Waals surface area contributed by atoms with Gasteiger partial charge in [-0.3, -0.25) is 19.3 Å². The molecule has 2 N–H and O–H groups in total. The van der Waals surface area contributed by atoms with Gasteiger partial charge < -0.3 is 15.5 Å². The third-order valence-electron chi connectivity index (χ3n) is 7.28. The van der Waals surface area contributed by atoms with E-state index in [1.54, 1.807) is 15.9 Å². The van der Waals surface area contributed by atoms with E-state index >= 15 is 0 Å². The van der Waals surface area contributed by atoms with E-state index in [1.165, 1.54) is 24.0 Å². The van der Waals surface area contributed by atoms with Gasteiger partial charge in [-0.25, -0.2) is 9.38 Å². The summed E-state index contributed by atoms with van der Waals surface area (Å²) in [5.74, 6) is -1.22. The zero-order chi connectivity index (χ0) is 26.9. The summed E-state index contributed by atoms with van der Waals surface area (Å²) < 4.78 is 14.7. The minimum Gasteiger partial charge on any atom is -0.369 e. The van der Waals surface area contributed by atoms with Crippen molar-refractivity contribution < 1.29 is 18.8 Å². The number of nitrogens with zero attached hydrogens (tertiary/aromatic N) is 4. The fraction of sp³-hybridized carbons (Fsp3) is 0.310. The molecule has 3 aliphatic rings. The molecule has 1 saturated heterocycles. The van der Waals surface area contributed by atoms with Gasteiger partial charge in [-0.1, -0.05) is 48.6 Å². The molecule has 0 spiro atoms. The van der Waals surface area contributed by atoms with Gasteiger partial charge in [0.1, 0.15) is 5.82 Å². The molecular weight excluding hydrogens is 485 g/mol. The SMILES string of the molecule is CC(=O)N1CCN(C(=O)c2cc(F)cc(CN3C(=O)C(C4=CCCC=C4)(c4ccccc4)N=C3N)c2)CC1. The number of allylic oxidation sites excluding steroid dienone is 2. The Morgan fingerprint density at radius 1 is 1.03 bits per heavy atom. The Balaban J connectivity index is 1.41. The smallest absolute Gasteiger partial charge is 0.266 e. The first-order valence-electron chi connectivity index (χ1n) is 12.7. The summed E-state index contributed by atoms with van der Waals surface area (Å²) in [6, 6.07) is 13.4. The van der Waals surface area contributed by atoms with Gasteiger partial charge in [0, 0.05) is 38.7 Å². The van der Waals surface area contributed by atoms with Crippen molar-refractivity contribution in [3.8, 4) is 0 Å². The first-order valence-corrected chi connectivity index (χ1v) is 12.7. The molecule has 1 fully saturated rings. The predicted molar refractivity (Wildman–Crippen MR) is 141 cm³/mol. The number of carbonyl (C=O) groups is 3. The number of rotatable bonds is 5. The minimum absolute atomic E-state index is 0.0318.